The largest absolute Gasteiger partial charge is 0.466 e. The summed E-state index contributed by atoms with van der Waals surface area (Å²) in [5.74, 6) is 0.746. The zero-order valence-corrected chi connectivity index (χ0v) is 20.0. The van der Waals surface area contributed by atoms with Gasteiger partial charge in [-0.2, -0.15) is 0 Å². The predicted molar refractivity (Wildman–Crippen MR) is 126 cm³/mol. The van der Waals surface area contributed by atoms with Gasteiger partial charge >= 0.3 is 0 Å². The summed E-state index contributed by atoms with van der Waals surface area (Å²) >= 11 is 0. The Morgan fingerprint density at radius 1 is 1.03 bits per heavy atom. The van der Waals surface area contributed by atoms with Gasteiger partial charge in [0.05, 0.1) is 5.39 Å². The minimum Gasteiger partial charge on any atom is -0.466 e. The van der Waals surface area contributed by atoms with E-state index in [9.17, 15) is 9.59 Å². The number of benzene rings is 1. The van der Waals surface area contributed by atoms with E-state index < -0.39 is 0 Å². The number of piperazine rings is 1. The molecular weight excluding hydrogens is 418 g/mol. The molecule has 0 unspecified atom stereocenters. The first-order valence-corrected chi connectivity index (χ1v) is 11.4. The van der Waals surface area contributed by atoms with Crippen molar-refractivity contribution in [1.29, 1.82) is 0 Å². The highest BCUT2D eigenvalue weighted by atomic mass is 16.5. The number of amides is 2. The van der Waals surface area contributed by atoms with Crippen molar-refractivity contribution in [3.8, 4) is 5.88 Å². The highest BCUT2D eigenvalue weighted by Gasteiger charge is 2.26. The molecule has 2 amide bonds. The molecule has 0 aliphatic carbocycles. The number of pyridine rings is 1. The minimum absolute atomic E-state index is 0.00637. The van der Waals surface area contributed by atoms with Crippen molar-refractivity contribution < 1.29 is 14.3 Å². The number of carbonyl (C=O) groups excluding carboxylic acids is 2. The second kappa shape index (κ2) is 9.21. The lowest BCUT2D eigenvalue weighted by atomic mass is 10.0. The molecule has 33 heavy (non-hydrogen) atoms. The fraction of sp³-hybridized carbons (Fsp3) is 0.440. The summed E-state index contributed by atoms with van der Waals surface area (Å²) in [5, 5.41) is 5.23. The van der Waals surface area contributed by atoms with Gasteiger partial charge in [0.15, 0.2) is 12.3 Å². The smallest absolute Gasteiger partial charge is 0.260 e. The average molecular weight is 450 g/mol. The van der Waals surface area contributed by atoms with Crippen LogP contribution in [0.25, 0.3) is 11.0 Å². The number of nitrogens with zero attached hydrogens (tertiary/aromatic N) is 5. The van der Waals surface area contributed by atoms with Crippen LogP contribution in [0.4, 0.5) is 0 Å². The third-order valence-corrected chi connectivity index (χ3v) is 6.16. The molecular formula is C25H31N5O3. The Morgan fingerprint density at radius 2 is 1.67 bits per heavy atom. The summed E-state index contributed by atoms with van der Waals surface area (Å²) in [6.45, 7) is 10.1. The van der Waals surface area contributed by atoms with Crippen molar-refractivity contribution in [2.75, 3.05) is 32.8 Å². The minimum atomic E-state index is -0.111. The zero-order chi connectivity index (χ0) is 23.7. The fourth-order valence-corrected chi connectivity index (χ4v) is 4.22. The van der Waals surface area contributed by atoms with E-state index in [-0.39, 0.29) is 18.4 Å². The van der Waals surface area contributed by atoms with Gasteiger partial charge in [-0.25, -0.2) is 9.67 Å². The van der Waals surface area contributed by atoms with Gasteiger partial charge in [-0.05, 0) is 49.1 Å². The van der Waals surface area contributed by atoms with Crippen LogP contribution in [0.2, 0.25) is 0 Å². The van der Waals surface area contributed by atoms with Crippen LogP contribution in [0.15, 0.2) is 30.3 Å². The summed E-state index contributed by atoms with van der Waals surface area (Å²) in [6.07, 6.45) is 0. The molecule has 3 aromatic rings. The number of hydrogen-bond acceptors (Lipinski definition) is 5. The van der Waals surface area contributed by atoms with Crippen molar-refractivity contribution in [1.82, 2.24) is 24.6 Å². The second-order valence-electron chi connectivity index (χ2n) is 8.95. The van der Waals surface area contributed by atoms with E-state index in [4.69, 9.17) is 4.74 Å². The molecule has 1 aromatic carbocycles. The fourth-order valence-electron chi connectivity index (χ4n) is 4.22. The van der Waals surface area contributed by atoms with Gasteiger partial charge in [-0.1, -0.05) is 26.0 Å². The van der Waals surface area contributed by atoms with Crippen LogP contribution < -0.4 is 4.74 Å². The second-order valence-corrected chi connectivity index (χ2v) is 8.95. The van der Waals surface area contributed by atoms with Gasteiger partial charge in [-0.3, -0.25) is 9.59 Å². The predicted octanol–water partition coefficient (Wildman–Crippen LogP) is 3.07. The van der Waals surface area contributed by atoms with E-state index >= 15 is 0 Å². The first-order valence-electron chi connectivity index (χ1n) is 11.4. The number of rotatable bonds is 5. The molecule has 0 bridgehead atoms. The molecule has 8 heteroatoms. The number of ether oxygens (including phenoxy) is 1. The number of aromatic nitrogens is 3. The highest BCUT2D eigenvalue weighted by molar-refractivity contribution is 5.94. The van der Waals surface area contributed by atoms with E-state index in [1.165, 1.54) is 5.56 Å². The Labute approximate surface area is 194 Å². The summed E-state index contributed by atoms with van der Waals surface area (Å²) in [4.78, 5) is 33.7. The Hall–Kier alpha value is -3.42. The molecule has 3 heterocycles. The standard InChI is InChI=1S/C25H31N5O3/c1-16(2)19-6-8-20(9-7-19)25(32)30-12-10-29(11-13-30)21(31)15-33-24-22-17(3)14-18(4)26-23(22)28(5)27-24/h6-9,14,16H,10-13,15H2,1-5H3. The summed E-state index contributed by atoms with van der Waals surface area (Å²) in [7, 11) is 1.81. The molecule has 1 aliphatic heterocycles. The first-order chi connectivity index (χ1) is 15.7. The van der Waals surface area contributed by atoms with Gasteiger partial charge in [0, 0.05) is 44.5 Å². The summed E-state index contributed by atoms with van der Waals surface area (Å²) < 4.78 is 7.48. The molecule has 8 nitrogen and oxygen atoms in total. The van der Waals surface area contributed by atoms with Crippen LogP contribution >= 0.6 is 0 Å². The maximum atomic E-state index is 12.8. The molecule has 1 fully saturated rings. The third-order valence-electron chi connectivity index (χ3n) is 6.16. The SMILES string of the molecule is Cc1cc(C)c2c(OCC(=O)N3CCN(C(=O)c4ccc(C(C)C)cc4)CC3)nn(C)c2n1. The Kier molecular flexibility index (Phi) is 6.35. The number of hydrogen-bond donors (Lipinski definition) is 0. The van der Waals surface area contributed by atoms with Crippen LogP contribution in [0, 0.1) is 13.8 Å². The summed E-state index contributed by atoms with van der Waals surface area (Å²) in [5.41, 5.74) is 4.56. The van der Waals surface area contributed by atoms with Crippen LogP contribution in [0.3, 0.4) is 0 Å². The number of aryl methyl sites for hydroxylation is 3. The quantitative estimate of drug-likeness (QED) is 0.598. The Morgan fingerprint density at radius 3 is 2.30 bits per heavy atom. The van der Waals surface area contributed by atoms with Gasteiger partial charge in [0.25, 0.3) is 11.8 Å². The van der Waals surface area contributed by atoms with Gasteiger partial charge in [-0.15, -0.1) is 5.10 Å². The lowest BCUT2D eigenvalue weighted by Crippen LogP contribution is -2.51. The number of fused-ring (bicyclic) bond motifs is 1. The van der Waals surface area contributed by atoms with E-state index in [2.05, 4.69) is 23.9 Å². The van der Waals surface area contributed by atoms with Crippen LogP contribution in [0.5, 0.6) is 5.88 Å². The lowest BCUT2D eigenvalue weighted by molar-refractivity contribution is -0.134. The zero-order valence-electron chi connectivity index (χ0n) is 20.0. The maximum Gasteiger partial charge on any atom is 0.260 e. The summed E-state index contributed by atoms with van der Waals surface area (Å²) in [6, 6.07) is 9.77. The van der Waals surface area contributed by atoms with Gasteiger partial charge in [0.1, 0.15) is 0 Å². The van der Waals surface area contributed by atoms with E-state index in [0.29, 0.717) is 43.5 Å². The van der Waals surface area contributed by atoms with Crippen molar-refractivity contribution in [3.63, 3.8) is 0 Å². The van der Waals surface area contributed by atoms with Crippen molar-refractivity contribution in [2.45, 2.75) is 33.6 Å². The monoisotopic (exact) mass is 449 g/mol. The average Bonchev–Trinajstić information content (AvgIpc) is 3.12. The number of carbonyl (C=O) groups is 2. The molecule has 1 aliphatic rings. The molecule has 0 N–H and O–H groups in total. The molecule has 0 saturated carbocycles. The Balaban J connectivity index is 1.33. The maximum absolute atomic E-state index is 12.8. The molecule has 1 saturated heterocycles. The molecule has 174 valence electrons. The van der Waals surface area contributed by atoms with E-state index in [0.717, 1.165) is 22.3 Å². The normalized spacial score (nSPS) is 14.2. The van der Waals surface area contributed by atoms with Crippen molar-refractivity contribution >= 4 is 22.8 Å². The van der Waals surface area contributed by atoms with Crippen molar-refractivity contribution in [3.05, 3.63) is 52.7 Å². The van der Waals surface area contributed by atoms with E-state index in [1.54, 1.807) is 14.5 Å². The molecule has 0 atom stereocenters. The van der Waals surface area contributed by atoms with Crippen molar-refractivity contribution in [2.24, 2.45) is 7.05 Å². The molecule has 4 rings (SSSR count). The highest BCUT2D eigenvalue weighted by Crippen LogP contribution is 2.27. The topological polar surface area (TPSA) is 80.6 Å². The van der Waals surface area contributed by atoms with E-state index in [1.807, 2.05) is 51.2 Å². The Bertz CT molecular complexity index is 1170. The van der Waals surface area contributed by atoms with Gasteiger partial charge < -0.3 is 14.5 Å². The molecule has 2 aromatic heterocycles. The first kappa shape index (κ1) is 22.8. The van der Waals surface area contributed by atoms with Gasteiger partial charge in [0.2, 0.25) is 5.88 Å². The van der Waals surface area contributed by atoms with Crippen LogP contribution in [0.1, 0.15) is 46.9 Å². The molecule has 0 radical (unpaired) electrons. The van der Waals surface area contributed by atoms with Crippen LogP contribution in [-0.2, 0) is 11.8 Å². The van der Waals surface area contributed by atoms with Crippen LogP contribution in [-0.4, -0.2) is 69.2 Å². The third kappa shape index (κ3) is 4.69. The lowest BCUT2D eigenvalue weighted by Gasteiger charge is -2.34. The molecule has 0 spiro atoms.